The van der Waals surface area contributed by atoms with E-state index in [1.165, 1.54) is 6.26 Å². The van der Waals surface area contributed by atoms with Crippen molar-refractivity contribution in [2.24, 2.45) is 0 Å². The molecule has 1 atom stereocenters. The first-order chi connectivity index (χ1) is 11.3. The molecule has 0 saturated carbocycles. The Bertz CT molecular complexity index is 520. The van der Waals surface area contributed by atoms with Gasteiger partial charge in [0.05, 0.1) is 19.5 Å². The van der Waals surface area contributed by atoms with Crippen molar-refractivity contribution in [3.05, 3.63) is 0 Å². The fourth-order valence-electron chi connectivity index (χ4n) is 3.18. The van der Waals surface area contributed by atoms with E-state index in [1.54, 1.807) is 9.21 Å². The van der Waals surface area contributed by atoms with Crippen molar-refractivity contribution in [3.8, 4) is 0 Å². The maximum Gasteiger partial charge on any atom is 0.317 e. The van der Waals surface area contributed by atoms with E-state index in [2.05, 4.69) is 10.2 Å². The monoisotopic (exact) mass is 362 g/mol. The van der Waals surface area contributed by atoms with Crippen molar-refractivity contribution in [1.82, 2.24) is 19.4 Å². The first-order valence-electron chi connectivity index (χ1n) is 8.59. The molecule has 2 aliphatic heterocycles. The minimum absolute atomic E-state index is 0.0730. The van der Waals surface area contributed by atoms with E-state index in [0.717, 1.165) is 13.1 Å². The lowest BCUT2D eigenvalue weighted by Crippen LogP contribution is -2.48. The zero-order valence-electron chi connectivity index (χ0n) is 14.9. The lowest BCUT2D eigenvalue weighted by molar-refractivity contribution is 0.0354. The molecule has 140 valence electrons. The predicted molar refractivity (Wildman–Crippen MR) is 92.5 cm³/mol. The van der Waals surface area contributed by atoms with Gasteiger partial charge in [0.25, 0.3) is 0 Å². The van der Waals surface area contributed by atoms with Gasteiger partial charge in [0, 0.05) is 51.4 Å². The Morgan fingerprint density at radius 3 is 2.54 bits per heavy atom. The SMILES string of the molecule is CC(C)NC(=O)N1CCC(N(CCN2CCOCC2)S(C)(=O)=O)C1. The summed E-state index contributed by atoms with van der Waals surface area (Å²) < 4.78 is 31.3. The summed E-state index contributed by atoms with van der Waals surface area (Å²) in [6.07, 6.45) is 1.94. The second kappa shape index (κ2) is 8.46. The molecule has 9 heteroatoms. The molecule has 0 radical (unpaired) electrons. The van der Waals surface area contributed by atoms with Crippen molar-refractivity contribution < 1.29 is 17.9 Å². The van der Waals surface area contributed by atoms with Gasteiger partial charge >= 0.3 is 6.03 Å². The van der Waals surface area contributed by atoms with Crippen LogP contribution in [-0.2, 0) is 14.8 Å². The molecule has 2 aliphatic rings. The number of urea groups is 1. The Hall–Kier alpha value is -0.900. The number of nitrogens with zero attached hydrogens (tertiary/aromatic N) is 3. The number of rotatable bonds is 6. The third-order valence-electron chi connectivity index (χ3n) is 4.44. The van der Waals surface area contributed by atoms with Crippen LogP contribution in [0.3, 0.4) is 0 Å². The number of hydrogen-bond acceptors (Lipinski definition) is 5. The molecule has 0 aliphatic carbocycles. The minimum atomic E-state index is -3.30. The molecule has 2 heterocycles. The van der Waals surface area contributed by atoms with Gasteiger partial charge in [-0.1, -0.05) is 0 Å². The second-order valence-corrected chi connectivity index (χ2v) is 8.76. The maximum atomic E-state index is 12.2. The van der Waals surface area contributed by atoms with Crippen LogP contribution in [0.25, 0.3) is 0 Å². The summed E-state index contributed by atoms with van der Waals surface area (Å²) in [7, 11) is -3.30. The number of amides is 2. The summed E-state index contributed by atoms with van der Waals surface area (Å²) >= 11 is 0. The minimum Gasteiger partial charge on any atom is -0.379 e. The molecule has 0 spiro atoms. The molecule has 0 aromatic rings. The molecule has 2 amide bonds. The number of nitrogens with one attached hydrogen (secondary N) is 1. The fourth-order valence-corrected chi connectivity index (χ4v) is 4.31. The van der Waals surface area contributed by atoms with Crippen molar-refractivity contribution in [2.45, 2.75) is 32.4 Å². The van der Waals surface area contributed by atoms with Gasteiger partial charge in [-0.2, -0.15) is 4.31 Å². The van der Waals surface area contributed by atoms with Gasteiger partial charge in [-0.3, -0.25) is 4.90 Å². The molecule has 1 N–H and O–H groups in total. The second-order valence-electron chi connectivity index (χ2n) is 6.82. The maximum absolute atomic E-state index is 12.2. The van der Waals surface area contributed by atoms with E-state index in [4.69, 9.17) is 4.74 Å². The van der Waals surface area contributed by atoms with Crippen LogP contribution in [0.5, 0.6) is 0 Å². The quantitative estimate of drug-likeness (QED) is 0.706. The highest BCUT2D eigenvalue weighted by Gasteiger charge is 2.34. The molecule has 2 fully saturated rings. The number of hydrogen-bond donors (Lipinski definition) is 1. The molecule has 1 unspecified atom stereocenters. The molecular formula is C15H30N4O4S. The van der Waals surface area contributed by atoms with Gasteiger partial charge in [-0.25, -0.2) is 13.2 Å². The van der Waals surface area contributed by atoms with E-state index in [1.807, 2.05) is 13.8 Å². The van der Waals surface area contributed by atoms with Crippen LogP contribution in [0, 0.1) is 0 Å². The summed E-state index contributed by atoms with van der Waals surface area (Å²) in [5.74, 6) is 0. The van der Waals surface area contributed by atoms with Crippen LogP contribution in [0.2, 0.25) is 0 Å². The Kier molecular flexibility index (Phi) is 6.85. The Balaban J connectivity index is 1.92. The average molecular weight is 362 g/mol. The molecule has 0 aromatic carbocycles. The summed E-state index contributed by atoms with van der Waals surface area (Å²) in [6.45, 7) is 9.11. The fraction of sp³-hybridized carbons (Fsp3) is 0.933. The van der Waals surface area contributed by atoms with Crippen LogP contribution in [0.1, 0.15) is 20.3 Å². The predicted octanol–water partition coefficient (Wildman–Crippen LogP) is -0.227. The number of ether oxygens (including phenoxy) is 1. The topological polar surface area (TPSA) is 82.2 Å². The Labute approximate surface area is 145 Å². The van der Waals surface area contributed by atoms with Crippen molar-refractivity contribution in [2.75, 3.05) is 58.7 Å². The summed E-state index contributed by atoms with van der Waals surface area (Å²) in [6, 6.07) is -0.183. The largest absolute Gasteiger partial charge is 0.379 e. The Morgan fingerprint density at radius 1 is 1.29 bits per heavy atom. The zero-order valence-corrected chi connectivity index (χ0v) is 15.7. The van der Waals surface area contributed by atoms with Crippen molar-refractivity contribution >= 4 is 16.1 Å². The standard InChI is InChI=1S/C15H30N4O4S/c1-13(2)16-15(20)18-5-4-14(12-18)19(24(3,21)22)7-6-17-8-10-23-11-9-17/h13-14H,4-12H2,1-3H3,(H,16,20). The molecule has 8 nitrogen and oxygen atoms in total. The smallest absolute Gasteiger partial charge is 0.317 e. The lowest BCUT2D eigenvalue weighted by atomic mass is 10.2. The molecule has 2 rings (SSSR count). The van der Waals surface area contributed by atoms with Gasteiger partial charge in [-0.05, 0) is 20.3 Å². The first-order valence-corrected chi connectivity index (χ1v) is 10.4. The van der Waals surface area contributed by atoms with Crippen molar-refractivity contribution in [3.63, 3.8) is 0 Å². The summed E-state index contributed by atoms with van der Waals surface area (Å²) in [5.41, 5.74) is 0. The molecule has 0 aromatic heterocycles. The molecule has 0 bridgehead atoms. The highest BCUT2D eigenvalue weighted by Crippen LogP contribution is 2.18. The highest BCUT2D eigenvalue weighted by molar-refractivity contribution is 7.88. The molecule has 24 heavy (non-hydrogen) atoms. The van der Waals surface area contributed by atoms with Gasteiger partial charge in [0.2, 0.25) is 10.0 Å². The van der Waals surface area contributed by atoms with E-state index in [0.29, 0.717) is 45.8 Å². The van der Waals surface area contributed by atoms with E-state index < -0.39 is 10.0 Å². The first kappa shape index (κ1) is 19.4. The van der Waals surface area contributed by atoms with Gasteiger partial charge < -0.3 is 15.0 Å². The van der Waals surface area contributed by atoms with E-state index in [9.17, 15) is 13.2 Å². The third kappa shape index (κ3) is 5.58. The molecular weight excluding hydrogens is 332 g/mol. The highest BCUT2D eigenvalue weighted by atomic mass is 32.2. The van der Waals surface area contributed by atoms with Gasteiger partial charge in [0.1, 0.15) is 0 Å². The zero-order chi connectivity index (χ0) is 17.7. The van der Waals surface area contributed by atoms with Gasteiger partial charge in [0.15, 0.2) is 0 Å². The normalized spacial score (nSPS) is 23.2. The number of sulfonamides is 1. The van der Waals surface area contributed by atoms with Crippen LogP contribution in [0.4, 0.5) is 4.79 Å². The van der Waals surface area contributed by atoms with Crippen LogP contribution >= 0.6 is 0 Å². The van der Waals surface area contributed by atoms with Crippen LogP contribution in [0.15, 0.2) is 0 Å². The van der Waals surface area contributed by atoms with E-state index >= 15 is 0 Å². The van der Waals surface area contributed by atoms with Crippen LogP contribution < -0.4 is 5.32 Å². The Morgan fingerprint density at radius 2 is 1.96 bits per heavy atom. The van der Waals surface area contributed by atoms with E-state index in [-0.39, 0.29) is 18.1 Å². The number of carbonyl (C=O) groups is 1. The number of likely N-dealkylation sites (tertiary alicyclic amines) is 1. The average Bonchev–Trinajstić information content (AvgIpc) is 2.96. The summed E-state index contributed by atoms with van der Waals surface area (Å²) in [4.78, 5) is 16.0. The number of morpholine rings is 1. The van der Waals surface area contributed by atoms with Crippen LogP contribution in [-0.4, -0.2) is 99.4 Å². The number of carbonyl (C=O) groups excluding carboxylic acids is 1. The lowest BCUT2D eigenvalue weighted by Gasteiger charge is -2.31. The summed E-state index contributed by atoms with van der Waals surface area (Å²) in [5, 5.41) is 2.86. The van der Waals surface area contributed by atoms with Gasteiger partial charge in [-0.15, -0.1) is 0 Å². The third-order valence-corrected chi connectivity index (χ3v) is 5.77. The van der Waals surface area contributed by atoms with Crippen molar-refractivity contribution in [1.29, 1.82) is 0 Å². The molecule has 2 saturated heterocycles.